The maximum atomic E-state index is 10.1. The Morgan fingerprint density at radius 2 is 2.54 bits per heavy atom. The summed E-state index contributed by atoms with van der Waals surface area (Å²) in [6.45, 7) is 1.58. The summed E-state index contributed by atoms with van der Waals surface area (Å²) in [5, 5.41) is 16.0. The van der Waals surface area contributed by atoms with Gasteiger partial charge in [-0.3, -0.25) is 0 Å². The van der Waals surface area contributed by atoms with E-state index in [1.54, 1.807) is 11.3 Å². The molecule has 1 aromatic heterocycles. The van der Waals surface area contributed by atoms with Gasteiger partial charge >= 0.3 is 0 Å². The van der Waals surface area contributed by atoms with E-state index in [4.69, 9.17) is 11.6 Å². The molecule has 0 spiro atoms. The zero-order chi connectivity index (χ0) is 9.31. The molecule has 2 rings (SSSR count). The lowest BCUT2D eigenvalue weighted by Gasteiger charge is -2.20. The van der Waals surface area contributed by atoms with Crippen LogP contribution in [0.1, 0.15) is 11.3 Å². The van der Waals surface area contributed by atoms with Crippen molar-refractivity contribution in [3.8, 4) is 0 Å². The SMILES string of the molecule is OC1(Cc2sccc2Cl)CCNC1. The molecule has 1 aliphatic rings. The Hall–Kier alpha value is -0.0900. The number of hydrogen-bond acceptors (Lipinski definition) is 3. The average molecular weight is 218 g/mol. The number of aliphatic hydroxyl groups is 1. The molecule has 1 aliphatic heterocycles. The molecule has 0 aliphatic carbocycles. The smallest absolute Gasteiger partial charge is 0.0832 e. The highest BCUT2D eigenvalue weighted by atomic mass is 35.5. The lowest BCUT2D eigenvalue weighted by molar-refractivity contribution is 0.0627. The minimum absolute atomic E-state index is 0.575. The third kappa shape index (κ3) is 2.05. The molecule has 0 saturated carbocycles. The standard InChI is InChI=1S/C9H12ClNOS/c10-7-1-4-13-8(7)5-9(12)2-3-11-6-9/h1,4,11-12H,2-3,5-6H2. The van der Waals surface area contributed by atoms with Crippen molar-refractivity contribution < 1.29 is 5.11 Å². The molecular weight excluding hydrogens is 206 g/mol. The van der Waals surface area contributed by atoms with Gasteiger partial charge in [0, 0.05) is 17.8 Å². The van der Waals surface area contributed by atoms with Gasteiger partial charge in [0.1, 0.15) is 0 Å². The summed E-state index contributed by atoms with van der Waals surface area (Å²) in [4.78, 5) is 1.09. The highest BCUT2D eigenvalue weighted by Gasteiger charge is 2.31. The third-order valence-electron chi connectivity index (χ3n) is 2.40. The van der Waals surface area contributed by atoms with Gasteiger partial charge in [-0.1, -0.05) is 11.6 Å². The van der Waals surface area contributed by atoms with Crippen molar-refractivity contribution in [3.05, 3.63) is 21.3 Å². The van der Waals surface area contributed by atoms with E-state index in [1.165, 1.54) is 0 Å². The number of β-amino-alcohol motifs (C(OH)–C–C–N with tert-alkyl or cyclic N) is 1. The average Bonchev–Trinajstić information content (AvgIpc) is 2.64. The Bertz CT molecular complexity index is 294. The van der Waals surface area contributed by atoms with E-state index in [0.717, 1.165) is 22.9 Å². The first-order valence-electron chi connectivity index (χ1n) is 4.35. The van der Waals surface area contributed by atoms with Gasteiger partial charge < -0.3 is 10.4 Å². The molecule has 2 heterocycles. The van der Waals surface area contributed by atoms with Crippen LogP contribution in [-0.2, 0) is 6.42 Å². The lowest BCUT2D eigenvalue weighted by Crippen LogP contribution is -2.33. The molecule has 0 bridgehead atoms. The summed E-state index contributed by atoms with van der Waals surface area (Å²) in [5.41, 5.74) is -0.575. The molecule has 4 heteroatoms. The van der Waals surface area contributed by atoms with Crippen LogP contribution in [0.15, 0.2) is 11.4 Å². The van der Waals surface area contributed by atoms with Crippen LogP contribution in [-0.4, -0.2) is 23.8 Å². The number of rotatable bonds is 2. The van der Waals surface area contributed by atoms with Gasteiger partial charge in [0.05, 0.1) is 10.6 Å². The number of halogens is 1. The number of hydrogen-bond donors (Lipinski definition) is 2. The topological polar surface area (TPSA) is 32.3 Å². The fourth-order valence-corrected chi connectivity index (χ4v) is 2.87. The molecule has 2 nitrogen and oxygen atoms in total. The van der Waals surface area contributed by atoms with Crippen molar-refractivity contribution in [2.45, 2.75) is 18.4 Å². The van der Waals surface area contributed by atoms with Crippen LogP contribution < -0.4 is 5.32 Å². The van der Waals surface area contributed by atoms with Crippen molar-refractivity contribution in [2.24, 2.45) is 0 Å². The van der Waals surface area contributed by atoms with Gasteiger partial charge in [0.15, 0.2) is 0 Å². The van der Waals surface area contributed by atoms with Crippen LogP contribution >= 0.6 is 22.9 Å². The van der Waals surface area contributed by atoms with Gasteiger partial charge in [-0.15, -0.1) is 11.3 Å². The van der Waals surface area contributed by atoms with Crippen LogP contribution in [0, 0.1) is 0 Å². The first-order chi connectivity index (χ1) is 6.20. The molecule has 1 saturated heterocycles. The Morgan fingerprint density at radius 3 is 3.08 bits per heavy atom. The lowest BCUT2D eigenvalue weighted by atomic mass is 9.98. The van der Waals surface area contributed by atoms with Crippen molar-refractivity contribution in [2.75, 3.05) is 13.1 Å². The fraction of sp³-hybridized carbons (Fsp3) is 0.556. The minimum atomic E-state index is -0.575. The van der Waals surface area contributed by atoms with Crippen molar-refractivity contribution in [1.82, 2.24) is 5.32 Å². The van der Waals surface area contributed by atoms with Crippen molar-refractivity contribution in [1.29, 1.82) is 0 Å². The normalized spacial score (nSPS) is 28.2. The van der Waals surface area contributed by atoms with E-state index in [1.807, 2.05) is 11.4 Å². The van der Waals surface area contributed by atoms with E-state index in [-0.39, 0.29) is 0 Å². The second-order valence-electron chi connectivity index (χ2n) is 3.52. The van der Waals surface area contributed by atoms with Gasteiger partial charge in [0.25, 0.3) is 0 Å². The van der Waals surface area contributed by atoms with Gasteiger partial charge in [-0.25, -0.2) is 0 Å². The molecule has 1 aromatic rings. The van der Waals surface area contributed by atoms with E-state index in [2.05, 4.69) is 5.32 Å². The summed E-state index contributed by atoms with van der Waals surface area (Å²) in [5.74, 6) is 0. The molecular formula is C9H12ClNOS. The van der Waals surface area contributed by atoms with Crippen LogP contribution in [0.25, 0.3) is 0 Å². The largest absolute Gasteiger partial charge is 0.388 e. The highest BCUT2D eigenvalue weighted by Crippen LogP contribution is 2.28. The molecule has 13 heavy (non-hydrogen) atoms. The first-order valence-corrected chi connectivity index (χ1v) is 5.60. The minimum Gasteiger partial charge on any atom is -0.388 e. The van der Waals surface area contributed by atoms with Crippen LogP contribution in [0.3, 0.4) is 0 Å². The molecule has 2 N–H and O–H groups in total. The molecule has 1 fully saturated rings. The summed E-state index contributed by atoms with van der Waals surface area (Å²) >= 11 is 7.57. The van der Waals surface area contributed by atoms with Gasteiger partial charge in [-0.2, -0.15) is 0 Å². The van der Waals surface area contributed by atoms with E-state index in [0.29, 0.717) is 13.0 Å². The Balaban J connectivity index is 2.09. The third-order valence-corrected chi connectivity index (χ3v) is 3.79. The Labute approximate surface area is 86.5 Å². The van der Waals surface area contributed by atoms with Crippen molar-refractivity contribution in [3.63, 3.8) is 0 Å². The predicted molar refractivity (Wildman–Crippen MR) is 55.5 cm³/mol. The zero-order valence-electron chi connectivity index (χ0n) is 7.22. The summed E-state index contributed by atoms with van der Waals surface area (Å²) in [6, 6.07) is 1.88. The Morgan fingerprint density at radius 1 is 1.69 bits per heavy atom. The van der Waals surface area contributed by atoms with E-state index >= 15 is 0 Å². The first kappa shape index (κ1) is 9.46. The summed E-state index contributed by atoms with van der Waals surface area (Å²) in [6.07, 6.45) is 1.50. The Kier molecular flexibility index (Phi) is 2.60. The number of nitrogens with one attached hydrogen (secondary N) is 1. The second kappa shape index (κ2) is 3.58. The number of thiophene rings is 1. The molecule has 1 atom stereocenters. The van der Waals surface area contributed by atoms with Crippen LogP contribution in [0.2, 0.25) is 5.02 Å². The second-order valence-corrected chi connectivity index (χ2v) is 4.93. The van der Waals surface area contributed by atoms with E-state index in [9.17, 15) is 5.11 Å². The van der Waals surface area contributed by atoms with Crippen molar-refractivity contribution >= 4 is 22.9 Å². The van der Waals surface area contributed by atoms with Crippen LogP contribution in [0.4, 0.5) is 0 Å². The molecule has 72 valence electrons. The quantitative estimate of drug-likeness (QED) is 0.790. The van der Waals surface area contributed by atoms with E-state index < -0.39 is 5.60 Å². The highest BCUT2D eigenvalue weighted by molar-refractivity contribution is 7.10. The molecule has 0 aromatic carbocycles. The molecule has 0 amide bonds. The maximum absolute atomic E-state index is 10.1. The molecule has 1 unspecified atom stereocenters. The van der Waals surface area contributed by atoms with Crippen LogP contribution in [0.5, 0.6) is 0 Å². The summed E-state index contributed by atoms with van der Waals surface area (Å²) < 4.78 is 0. The van der Waals surface area contributed by atoms with Gasteiger partial charge in [-0.05, 0) is 24.4 Å². The zero-order valence-corrected chi connectivity index (χ0v) is 8.79. The maximum Gasteiger partial charge on any atom is 0.0832 e. The predicted octanol–water partition coefficient (Wildman–Crippen LogP) is 1.67. The monoisotopic (exact) mass is 217 g/mol. The van der Waals surface area contributed by atoms with Gasteiger partial charge in [0.2, 0.25) is 0 Å². The fourth-order valence-electron chi connectivity index (χ4n) is 1.63. The molecule has 0 radical (unpaired) electrons. The summed E-state index contributed by atoms with van der Waals surface area (Å²) in [7, 11) is 0.